The molecule has 32 heavy (non-hydrogen) atoms. The van der Waals surface area contributed by atoms with Crippen molar-refractivity contribution in [2.24, 2.45) is 0 Å². The molecule has 1 fully saturated rings. The number of aromatic amines is 1. The van der Waals surface area contributed by atoms with Crippen LogP contribution in [0.25, 0.3) is 11.3 Å². The lowest BCUT2D eigenvalue weighted by molar-refractivity contribution is 0.0495. The number of fused-ring (bicyclic) bond motifs is 1. The van der Waals surface area contributed by atoms with E-state index in [9.17, 15) is 9.90 Å². The van der Waals surface area contributed by atoms with Gasteiger partial charge in [0, 0.05) is 24.3 Å². The van der Waals surface area contributed by atoms with Gasteiger partial charge in [-0.25, -0.2) is 0 Å². The van der Waals surface area contributed by atoms with Gasteiger partial charge in [0.1, 0.15) is 17.1 Å². The van der Waals surface area contributed by atoms with Crippen molar-refractivity contribution in [3.63, 3.8) is 0 Å². The van der Waals surface area contributed by atoms with E-state index in [-0.39, 0.29) is 29.2 Å². The molecule has 2 unspecified atom stereocenters. The summed E-state index contributed by atoms with van der Waals surface area (Å²) in [5.41, 5.74) is 4.86. The molecule has 3 heterocycles. The Bertz CT molecular complexity index is 1140. The van der Waals surface area contributed by atoms with Crippen molar-refractivity contribution in [2.45, 2.75) is 51.2 Å². The van der Waals surface area contributed by atoms with Crippen LogP contribution >= 0.6 is 0 Å². The number of phenolic OH excluding ortho intramolecular Hbond substituents is 1. The van der Waals surface area contributed by atoms with E-state index in [1.165, 1.54) is 5.56 Å². The van der Waals surface area contributed by atoms with Gasteiger partial charge in [0.2, 0.25) is 0 Å². The minimum Gasteiger partial charge on any atom is -0.507 e. The number of hydrogen-bond acceptors (Lipinski definition) is 4. The fourth-order valence-corrected chi connectivity index (χ4v) is 4.78. The average Bonchev–Trinajstić information content (AvgIpc) is 3.48. The lowest BCUT2D eigenvalue weighted by Gasteiger charge is -2.29. The van der Waals surface area contributed by atoms with Crippen LogP contribution in [0.1, 0.15) is 66.8 Å². The third kappa shape index (κ3) is 3.48. The Morgan fingerprint density at radius 1 is 1.16 bits per heavy atom. The van der Waals surface area contributed by atoms with E-state index in [2.05, 4.69) is 55.2 Å². The minimum absolute atomic E-state index is 0.0424. The van der Waals surface area contributed by atoms with Gasteiger partial charge in [-0.15, -0.1) is 0 Å². The number of carbonyl (C=O) groups is 1. The number of phenols is 1. The summed E-state index contributed by atoms with van der Waals surface area (Å²) in [5, 5.41) is 17.9. The Hall–Kier alpha value is -3.12. The molecule has 5 rings (SSSR count). The highest BCUT2D eigenvalue weighted by molar-refractivity contribution is 6.00. The number of amides is 1. The van der Waals surface area contributed by atoms with Crippen molar-refractivity contribution in [3.8, 4) is 17.0 Å². The zero-order valence-electron chi connectivity index (χ0n) is 18.8. The number of ether oxygens (including phenoxy) is 1. The molecule has 2 atom stereocenters. The molecule has 6 nitrogen and oxygen atoms in total. The van der Waals surface area contributed by atoms with E-state index < -0.39 is 0 Å². The lowest BCUT2D eigenvalue weighted by Crippen LogP contribution is -2.36. The van der Waals surface area contributed by atoms with Crippen molar-refractivity contribution >= 4 is 5.91 Å². The van der Waals surface area contributed by atoms with Crippen molar-refractivity contribution in [1.29, 1.82) is 0 Å². The zero-order valence-corrected chi connectivity index (χ0v) is 18.8. The summed E-state index contributed by atoms with van der Waals surface area (Å²) in [6, 6.07) is 15.3. The second-order valence-corrected chi connectivity index (χ2v) is 9.75. The Labute approximate surface area is 188 Å². The average molecular weight is 432 g/mol. The molecule has 166 valence electrons. The number of carbonyl (C=O) groups excluding carboxylic acids is 1. The van der Waals surface area contributed by atoms with Gasteiger partial charge in [-0.2, -0.15) is 5.10 Å². The molecule has 1 saturated heterocycles. The molecule has 2 N–H and O–H groups in total. The number of H-pyrrole nitrogens is 1. The van der Waals surface area contributed by atoms with Crippen molar-refractivity contribution in [1.82, 2.24) is 15.1 Å². The van der Waals surface area contributed by atoms with Crippen LogP contribution in [0.5, 0.6) is 5.75 Å². The molecule has 0 bridgehead atoms. The predicted octanol–water partition coefficient (Wildman–Crippen LogP) is 4.80. The largest absolute Gasteiger partial charge is 0.507 e. The van der Waals surface area contributed by atoms with Gasteiger partial charge in [0.05, 0.1) is 12.1 Å². The first-order valence-electron chi connectivity index (χ1n) is 11.2. The monoisotopic (exact) mass is 431 g/mol. The fourth-order valence-electron chi connectivity index (χ4n) is 4.78. The van der Waals surface area contributed by atoms with Gasteiger partial charge in [-0.1, -0.05) is 57.2 Å². The van der Waals surface area contributed by atoms with Crippen LogP contribution in [0.15, 0.2) is 48.5 Å². The van der Waals surface area contributed by atoms with Crippen LogP contribution in [0.3, 0.4) is 0 Å². The number of aromatic hydroxyl groups is 1. The fraction of sp³-hybridized carbons (Fsp3) is 0.385. The Morgan fingerprint density at radius 2 is 1.91 bits per heavy atom. The third-order valence-electron chi connectivity index (χ3n) is 6.54. The van der Waals surface area contributed by atoms with Crippen LogP contribution in [0, 0.1) is 0 Å². The van der Waals surface area contributed by atoms with E-state index in [1.807, 2.05) is 17.0 Å². The number of aromatic nitrogens is 2. The predicted molar refractivity (Wildman–Crippen MR) is 123 cm³/mol. The first-order chi connectivity index (χ1) is 15.3. The van der Waals surface area contributed by atoms with Gasteiger partial charge in [0.25, 0.3) is 5.91 Å². The molecule has 6 heteroatoms. The van der Waals surface area contributed by atoms with Gasteiger partial charge in [0.15, 0.2) is 0 Å². The third-order valence-corrected chi connectivity index (χ3v) is 6.54. The zero-order chi connectivity index (χ0) is 22.5. The van der Waals surface area contributed by atoms with Gasteiger partial charge >= 0.3 is 0 Å². The quantitative estimate of drug-likeness (QED) is 0.622. The minimum atomic E-state index is -0.288. The SMILES string of the molecule is CC(C)(C)c1ccc(C2c3c(-c4ccccc4O)n[nH]c3C(=O)N2CC2CCCO2)cc1. The molecule has 0 spiro atoms. The molecule has 0 aliphatic carbocycles. The molecular weight excluding hydrogens is 402 g/mol. The van der Waals surface area contributed by atoms with Crippen LogP contribution in [-0.2, 0) is 10.2 Å². The van der Waals surface area contributed by atoms with Crippen molar-refractivity contribution in [2.75, 3.05) is 13.2 Å². The number of rotatable bonds is 4. The molecule has 2 aromatic carbocycles. The van der Waals surface area contributed by atoms with Crippen LogP contribution in [0.4, 0.5) is 0 Å². The van der Waals surface area contributed by atoms with E-state index in [0.29, 0.717) is 23.5 Å². The van der Waals surface area contributed by atoms with Crippen LogP contribution < -0.4 is 0 Å². The molecule has 1 aromatic heterocycles. The van der Waals surface area contributed by atoms with Crippen LogP contribution in [-0.4, -0.2) is 45.4 Å². The van der Waals surface area contributed by atoms with E-state index in [0.717, 1.165) is 30.6 Å². The summed E-state index contributed by atoms with van der Waals surface area (Å²) in [5.74, 6) is 0.0724. The van der Waals surface area contributed by atoms with Crippen molar-refractivity contribution < 1.29 is 14.6 Å². The maximum absolute atomic E-state index is 13.5. The van der Waals surface area contributed by atoms with Gasteiger partial charge in [-0.3, -0.25) is 9.89 Å². The number of hydrogen-bond donors (Lipinski definition) is 2. The highest BCUT2D eigenvalue weighted by Gasteiger charge is 2.43. The summed E-state index contributed by atoms with van der Waals surface area (Å²) in [6.07, 6.45) is 2.02. The van der Waals surface area contributed by atoms with Crippen LogP contribution in [0.2, 0.25) is 0 Å². The first kappa shape index (κ1) is 20.8. The highest BCUT2D eigenvalue weighted by Crippen LogP contribution is 2.45. The normalized spacial score (nSPS) is 20.7. The standard InChI is InChI=1S/C26H29N3O3/c1-26(2,3)17-12-10-16(11-13-17)24-21-22(19-8-4-5-9-20(19)30)27-28-23(21)25(31)29(24)15-18-7-6-14-32-18/h4-5,8-13,18,24,30H,6-7,14-15H2,1-3H3,(H,27,28). The Balaban J connectivity index is 1.62. The number of nitrogens with zero attached hydrogens (tertiary/aromatic N) is 2. The van der Waals surface area contributed by atoms with Gasteiger partial charge < -0.3 is 14.7 Å². The number of nitrogens with one attached hydrogen (secondary N) is 1. The topological polar surface area (TPSA) is 78.5 Å². The summed E-state index contributed by atoms with van der Waals surface area (Å²) < 4.78 is 5.86. The lowest BCUT2D eigenvalue weighted by atomic mass is 9.85. The maximum atomic E-state index is 13.5. The molecule has 0 saturated carbocycles. The number of benzene rings is 2. The van der Waals surface area contributed by atoms with E-state index >= 15 is 0 Å². The second kappa shape index (κ2) is 7.78. The molecular formula is C26H29N3O3. The molecule has 1 amide bonds. The summed E-state index contributed by atoms with van der Waals surface area (Å²) >= 11 is 0. The highest BCUT2D eigenvalue weighted by atomic mass is 16.5. The van der Waals surface area contributed by atoms with Crippen molar-refractivity contribution in [3.05, 3.63) is 70.9 Å². The molecule has 2 aliphatic heterocycles. The van der Waals surface area contributed by atoms with E-state index in [4.69, 9.17) is 4.74 Å². The second-order valence-electron chi connectivity index (χ2n) is 9.75. The molecule has 0 radical (unpaired) electrons. The molecule has 3 aromatic rings. The van der Waals surface area contributed by atoms with E-state index in [1.54, 1.807) is 12.1 Å². The summed E-state index contributed by atoms with van der Waals surface area (Å²) in [6.45, 7) is 7.85. The summed E-state index contributed by atoms with van der Waals surface area (Å²) in [7, 11) is 0. The Kier molecular flexibility index (Phi) is 5.05. The smallest absolute Gasteiger partial charge is 0.273 e. The Morgan fingerprint density at radius 3 is 2.56 bits per heavy atom. The summed E-state index contributed by atoms with van der Waals surface area (Å²) in [4.78, 5) is 15.4. The maximum Gasteiger partial charge on any atom is 0.273 e. The first-order valence-corrected chi connectivity index (χ1v) is 11.2. The molecule has 2 aliphatic rings. The van der Waals surface area contributed by atoms with Gasteiger partial charge in [-0.05, 0) is 41.5 Å². The number of para-hydroxylation sites is 1.